The predicted octanol–water partition coefficient (Wildman–Crippen LogP) is 4.56. The Bertz CT molecular complexity index is 562. The molecule has 5 heteroatoms. The van der Waals surface area contributed by atoms with Crippen molar-refractivity contribution < 1.29 is 17.4 Å². The monoisotopic (exact) mass is 328 g/mol. The molecule has 0 aliphatic rings. The summed E-state index contributed by atoms with van der Waals surface area (Å²) in [7, 11) is -3.86. The molecule has 1 atom stereocenters. The van der Waals surface area contributed by atoms with Crippen LogP contribution in [0.25, 0.3) is 6.08 Å². The molecule has 0 spiro atoms. The topological polar surface area (TPSA) is 54.4 Å². The SMILES string of the molecule is CC(C)CC(C=Cc1ccc(F)cc1)CCCCS(=O)(=O)O. The molecule has 22 heavy (non-hydrogen) atoms. The molecule has 0 heterocycles. The lowest BCUT2D eigenvalue weighted by Gasteiger charge is -2.15. The third kappa shape index (κ3) is 8.95. The van der Waals surface area contributed by atoms with Crippen molar-refractivity contribution in [3.8, 4) is 0 Å². The minimum absolute atomic E-state index is 0.178. The van der Waals surface area contributed by atoms with Gasteiger partial charge in [-0.2, -0.15) is 8.42 Å². The minimum Gasteiger partial charge on any atom is -0.286 e. The van der Waals surface area contributed by atoms with Gasteiger partial charge in [-0.1, -0.05) is 44.6 Å². The van der Waals surface area contributed by atoms with E-state index in [9.17, 15) is 12.8 Å². The lowest BCUT2D eigenvalue weighted by Crippen LogP contribution is -2.06. The zero-order chi connectivity index (χ0) is 16.6. The zero-order valence-electron chi connectivity index (χ0n) is 13.2. The molecule has 0 saturated heterocycles. The van der Waals surface area contributed by atoms with Gasteiger partial charge in [-0.3, -0.25) is 4.55 Å². The highest BCUT2D eigenvalue weighted by atomic mass is 32.2. The first-order chi connectivity index (χ1) is 10.3. The molecule has 0 bridgehead atoms. The van der Waals surface area contributed by atoms with E-state index in [0.29, 0.717) is 18.3 Å². The Hall–Kier alpha value is -1.20. The lowest BCUT2D eigenvalue weighted by molar-refractivity contribution is 0.436. The van der Waals surface area contributed by atoms with Crippen LogP contribution < -0.4 is 0 Å². The van der Waals surface area contributed by atoms with Crippen LogP contribution in [0.1, 0.15) is 45.1 Å². The Labute approximate surface area is 133 Å². The molecule has 0 aliphatic carbocycles. The molecule has 0 amide bonds. The summed E-state index contributed by atoms with van der Waals surface area (Å²) < 4.78 is 43.0. The number of allylic oxidation sites excluding steroid dienone is 1. The fourth-order valence-corrected chi connectivity index (χ4v) is 2.98. The Morgan fingerprint density at radius 3 is 2.36 bits per heavy atom. The Morgan fingerprint density at radius 2 is 1.82 bits per heavy atom. The van der Waals surface area contributed by atoms with Gasteiger partial charge in [0, 0.05) is 0 Å². The van der Waals surface area contributed by atoms with Crippen molar-refractivity contribution in [2.45, 2.75) is 39.5 Å². The maximum absolute atomic E-state index is 12.9. The van der Waals surface area contributed by atoms with E-state index in [1.165, 1.54) is 12.1 Å². The molecule has 0 fully saturated rings. The van der Waals surface area contributed by atoms with Gasteiger partial charge >= 0.3 is 0 Å². The molecule has 0 aliphatic heterocycles. The van der Waals surface area contributed by atoms with E-state index in [2.05, 4.69) is 19.9 Å². The smallest absolute Gasteiger partial charge is 0.264 e. The van der Waals surface area contributed by atoms with Gasteiger partial charge in [-0.05, 0) is 48.8 Å². The van der Waals surface area contributed by atoms with Crippen LogP contribution in [0.15, 0.2) is 30.3 Å². The minimum atomic E-state index is -3.86. The largest absolute Gasteiger partial charge is 0.286 e. The summed E-state index contributed by atoms with van der Waals surface area (Å²) >= 11 is 0. The molecule has 0 radical (unpaired) electrons. The second-order valence-electron chi connectivity index (χ2n) is 6.08. The first kappa shape index (κ1) is 18.8. The van der Waals surface area contributed by atoms with Crippen molar-refractivity contribution in [2.75, 3.05) is 5.75 Å². The summed E-state index contributed by atoms with van der Waals surface area (Å²) in [4.78, 5) is 0. The standard InChI is InChI=1S/C17H25FO3S/c1-14(2)13-16(5-3-4-12-22(19,20)21)7-6-15-8-10-17(18)11-9-15/h6-11,14,16H,3-5,12-13H2,1-2H3,(H,19,20,21). The molecule has 1 aromatic rings. The van der Waals surface area contributed by atoms with Crippen LogP contribution in [0, 0.1) is 17.7 Å². The van der Waals surface area contributed by atoms with E-state index in [-0.39, 0.29) is 11.6 Å². The molecule has 0 saturated carbocycles. The van der Waals surface area contributed by atoms with E-state index in [1.54, 1.807) is 12.1 Å². The maximum atomic E-state index is 12.9. The van der Waals surface area contributed by atoms with Crippen LogP contribution in [-0.2, 0) is 10.1 Å². The van der Waals surface area contributed by atoms with Crippen molar-refractivity contribution >= 4 is 16.2 Å². The van der Waals surface area contributed by atoms with Gasteiger partial charge < -0.3 is 0 Å². The Morgan fingerprint density at radius 1 is 1.18 bits per heavy atom. The number of hydrogen-bond acceptors (Lipinski definition) is 2. The highest BCUT2D eigenvalue weighted by Crippen LogP contribution is 2.21. The summed E-state index contributed by atoms with van der Waals surface area (Å²) in [6, 6.07) is 6.33. The number of halogens is 1. The number of benzene rings is 1. The van der Waals surface area contributed by atoms with Crippen molar-refractivity contribution in [1.82, 2.24) is 0 Å². The molecule has 3 nitrogen and oxygen atoms in total. The van der Waals surface area contributed by atoms with E-state index in [0.717, 1.165) is 24.8 Å². The van der Waals surface area contributed by atoms with Gasteiger partial charge in [-0.15, -0.1) is 0 Å². The van der Waals surface area contributed by atoms with E-state index >= 15 is 0 Å². The van der Waals surface area contributed by atoms with Crippen molar-refractivity contribution in [3.63, 3.8) is 0 Å². The number of unbranched alkanes of at least 4 members (excludes halogenated alkanes) is 1. The van der Waals surface area contributed by atoms with E-state index in [1.807, 2.05) is 6.08 Å². The van der Waals surface area contributed by atoms with Gasteiger partial charge in [0.2, 0.25) is 0 Å². The summed E-state index contributed by atoms with van der Waals surface area (Å²) in [5, 5.41) is 0. The first-order valence-electron chi connectivity index (χ1n) is 7.65. The first-order valence-corrected chi connectivity index (χ1v) is 9.26. The average Bonchev–Trinajstić information content (AvgIpc) is 2.40. The molecular weight excluding hydrogens is 303 g/mol. The summed E-state index contributed by atoms with van der Waals surface area (Å²) in [6.07, 6.45) is 7.22. The maximum Gasteiger partial charge on any atom is 0.264 e. The summed E-state index contributed by atoms with van der Waals surface area (Å²) in [6.45, 7) is 4.30. The average molecular weight is 328 g/mol. The van der Waals surface area contributed by atoms with E-state index < -0.39 is 10.1 Å². The number of hydrogen-bond donors (Lipinski definition) is 1. The highest BCUT2D eigenvalue weighted by molar-refractivity contribution is 7.85. The molecule has 124 valence electrons. The summed E-state index contributed by atoms with van der Waals surface area (Å²) in [5.74, 6) is 0.472. The Kier molecular flexibility index (Phi) is 7.76. The predicted molar refractivity (Wildman–Crippen MR) is 88.6 cm³/mol. The second-order valence-corrected chi connectivity index (χ2v) is 7.65. The fraction of sp³-hybridized carbons (Fsp3) is 0.529. The lowest BCUT2D eigenvalue weighted by atomic mass is 9.91. The van der Waals surface area contributed by atoms with E-state index in [4.69, 9.17) is 4.55 Å². The molecule has 1 rings (SSSR count). The van der Waals surface area contributed by atoms with Crippen LogP contribution in [-0.4, -0.2) is 18.7 Å². The van der Waals surface area contributed by atoms with Gasteiger partial charge in [-0.25, -0.2) is 4.39 Å². The van der Waals surface area contributed by atoms with Crippen LogP contribution in [0.3, 0.4) is 0 Å². The molecular formula is C17H25FO3S. The summed E-state index contributed by atoms with van der Waals surface area (Å²) in [5.41, 5.74) is 0.952. The second kappa shape index (κ2) is 9.06. The van der Waals surface area contributed by atoms with Crippen LogP contribution in [0.5, 0.6) is 0 Å². The molecule has 0 aromatic heterocycles. The zero-order valence-corrected chi connectivity index (χ0v) is 14.0. The van der Waals surface area contributed by atoms with Crippen LogP contribution in [0.4, 0.5) is 4.39 Å². The van der Waals surface area contributed by atoms with Crippen molar-refractivity contribution in [1.29, 1.82) is 0 Å². The molecule has 1 unspecified atom stereocenters. The van der Waals surface area contributed by atoms with Gasteiger partial charge in [0.25, 0.3) is 10.1 Å². The Balaban J connectivity index is 2.54. The third-order valence-electron chi connectivity index (χ3n) is 3.43. The van der Waals surface area contributed by atoms with Gasteiger partial charge in [0.15, 0.2) is 0 Å². The van der Waals surface area contributed by atoms with Crippen molar-refractivity contribution in [2.24, 2.45) is 11.8 Å². The molecule has 1 aromatic carbocycles. The van der Waals surface area contributed by atoms with Gasteiger partial charge in [0.1, 0.15) is 5.82 Å². The quantitative estimate of drug-likeness (QED) is 0.534. The van der Waals surface area contributed by atoms with Crippen molar-refractivity contribution in [3.05, 3.63) is 41.7 Å². The third-order valence-corrected chi connectivity index (χ3v) is 4.24. The fourth-order valence-electron chi connectivity index (χ4n) is 2.41. The van der Waals surface area contributed by atoms with Crippen LogP contribution >= 0.6 is 0 Å². The highest BCUT2D eigenvalue weighted by Gasteiger charge is 2.09. The number of rotatable bonds is 9. The normalized spacial score (nSPS) is 13.9. The van der Waals surface area contributed by atoms with Gasteiger partial charge in [0.05, 0.1) is 5.75 Å². The van der Waals surface area contributed by atoms with Crippen LogP contribution in [0.2, 0.25) is 0 Å². The molecule has 1 N–H and O–H groups in total.